The Morgan fingerprint density at radius 2 is 1.46 bits per heavy atom. The van der Waals surface area contributed by atoms with Crippen LogP contribution in [-0.2, 0) is 9.31 Å². The van der Waals surface area contributed by atoms with Gasteiger partial charge < -0.3 is 13.7 Å². The Balaban J connectivity index is 1.42. The normalized spacial score (nSPS) is 17.3. The molecule has 3 heterocycles. The molecule has 1 saturated heterocycles. The molecule has 0 aliphatic carbocycles. The Morgan fingerprint density at radius 3 is 2.26 bits per heavy atom. The maximum atomic E-state index is 6.31. The molecule has 1 aliphatic rings. The summed E-state index contributed by atoms with van der Waals surface area (Å²) in [5.41, 5.74) is 3.79. The molecule has 6 aromatic rings. The minimum absolute atomic E-state index is 0.395. The summed E-state index contributed by atoms with van der Waals surface area (Å²) in [6.45, 7) is 8.24. The lowest BCUT2D eigenvalue weighted by atomic mass is 9.79. The Bertz CT molecular complexity index is 1760. The van der Waals surface area contributed by atoms with E-state index < -0.39 is 18.3 Å². The number of nitrogens with zero attached hydrogens (tertiary/aromatic N) is 2. The Labute approximate surface area is 203 Å². The predicted molar refractivity (Wildman–Crippen MR) is 142 cm³/mol. The van der Waals surface area contributed by atoms with Crippen molar-refractivity contribution in [3.63, 3.8) is 0 Å². The minimum Gasteiger partial charge on any atom is -0.423 e. The van der Waals surface area contributed by atoms with Crippen molar-refractivity contribution in [1.29, 1.82) is 0 Å². The van der Waals surface area contributed by atoms with Crippen molar-refractivity contribution in [2.75, 3.05) is 0 Å². The van der Waals surface area contributed by atoms with E-state index in [1.807, 2.05) is 18.2 Å². The van der Waals surface area contributed by atoms with E-state index in [0.717, 1.165) is 27.6 Å². The molecule has 0 atom stereocenters. The first-order valence-corrected chi connectivity index (χ1v) is 12.0. The average Bonchev–Trinajstić information content (AvgIpc) is 3.47. The number of hydrogen-bond acceptors (Lipinski definition) is 4. The zero-order valence-electron chi connectivity index (χ0n) is 20.2. The Morgan fingerprint density at radius 1 is 0.743 bits per heavy atom. The van der Waals surface area contributed by atoms with Gasteiger partial charge in [0.1, 0.15) is 5.52 Å². The number of hydrogen-bond donors (Lipinski definition) is 0. The second kappa shape index (κ2) is 6.97. The number of oxazole rings is 1. The van der Waals surface area contributed by atoms with Gasteiger partial charge in [-0.3, -0.25) is 4.57 Å². The van der Waals surface area contributed by atoms with Crippen LogP contribution in [0.4, 0.5) is 0 Å². The molecule has 5 nitrogen and oxygen atoms in total. The van der Waals surface area contributed by atoms with Crippen molar-refractivity contribution < 1.29 is 13.7 Å². The van der Waals surface area contributed by atoms with Gasteiger partial charge in [0.25, 0.3) is 0 Å². The van der Waals surface area contributed by atoms with Crippen molar-refractivity contribution in [1.82, 2.24) is 9.55 Å². The van der Waals surface area contributed by atoms with Crippen molar-refractivity contribution in [3.8, 4) is 6.01 Å². The molecule has 4 aromatic carbocycles. The van der Waals surface area contributed by atoms with Gasteiger partial charge >= 0.3 is 13.1 Å². The average molecular weight is 460 g/mol. The van der Waals surface area contributed by atoms with Gasteiger partial charge in [-0.1, -0.05) is 54.6 Å². The summed E-state index contributed by atoms with van der Waals surface area (Å²) in [5, 5.41) is 4.82. The maximum Gasteiger partial charge on any atom is 0.494 e. The second-order valence-corrected chi connectivity index (χ2v) is 10.3. The van der Waals surface area contributed by atoms with Crippen LogP contribution in [0.3, 0.4) is 0 Å². The predicted octanol–water partition coefficient (Wildman–Crippen LogP) is 6.38. The first-order chi connectivity index (χ1) is 16.8. The molecule has 1 fully saturated rings. The summed E-state index contributed by atoms with van der Waals surface area (Å²) in [6, 6.07) is 27.7. The van der Waals surface area contributed by atoms with Crippen molar-refractivity contribution >= 4 is 56.3 Å². The highest BCUT2D eigenvalue weighted by molar-refractivity contribution is 6.62. The Kier molecular flexibility index (Phi) is 4.13. The van der Waals surface area contributed by atoms with E-state index in [1.54, 1.807) is 0 Å². The van der Waals surface area contributed by atoms with Gasteiger partial charge in [0.2, 0.25) is 0 Å². The molecule has 0 N–H and O–H groups in total. The largest absolute Gasteiger partial charge is 0.494 e. The van der Waals surface area contributed by atoms with E-state index in [4.69, 9.17) is 18.7 Å². The van der Waals surface area contributed by atoms with E-state index in [1.165, 1.54) is 21.5 Å². The second-order valence-electron chi connectivity index (χ2n) is 10.3. The monoisotopic (exact) mass is 460 g/mol. The van der Waals surface area contributed by atoms with Crippen LogP contribution < -0.4 is 5.46 Å². The third kappa shape index (κ3) is 2.93. The number of rotatable bonds is 2. The molecule has 0 radical (unpaired) electrons. The summed E-state index contributed by atoms with van der Waals surface area (Å²) >= 11 is 0. The van der Waals surface area contributed by atoms with E-state index >= 15 is 0 Å². The molecule has 172 valence electrons. The summed E-state index contributed by atoms with van der Waals surface area (Å²) in [7, 11) is -0.441. The van der Waals surface area contributed by atoms with Gasteiger partial charge in [0.05, 0.1) is 22.2 Å². The fourth-order valence-electron chi connectivity index (χ4n) is 5.10. The number of para-hydroxylation sites is 1. The molecular formula is C29H25BN2O3. The van der Waals surface area contributed by atoms with Crippen molar-refractivity contribution in [2.45, 2.75) is 38.9 Å². The lowest BCUT2D eigenvalue weighted by Crippen LogP contribution is -2.41. The van der Waals surface area contributed by atoms with Gasteiger partial charge in [-0.2, -0.15) is 4.98 Å². The van der Waals surface area contributed by atoms with E-state index in [-0.39, 0.29) is 0 Å². The molecular weight excluding hydrogens is 435 g/mol. The zero-order valence-corrected chi connectivity index (χ0v) is 20.2. The van der Waals surface area contributed by atoms with E-state index in [0.29, 0.717) is 6.01 Å². The molecule has 0 amide bonds. The zero-order chi connectivity index (χ0) is 23.9. The van der Waals surface area contributed by atoms with Crippen LogP contribution >= 0.6 is 0 Å². The molecule has 0 unspecified atom stereocenters. The highest BCUT2D eigenvalue weighted by Crippen LogP contribution is 2.38. The third-order valence-electron chi connectivity index (χ3n) is 7.68. The van der Waals surface area contributed by atoms with Crippen LogP contribution in [0.1, 0.15) is 27.7 Å². The van der Waals surface area contributed by atoms with Crippen LogP contribution in [-0.4, -0.2) is 27.9 Å². The van der Waals surface area contributed by atoms with Crippen LogP contribution in [0.25, 0.3) is 49.7 Å². The highest BCUT2D eigenvalue weighted by Gasteiger charge is 2.51. The lowest BCUT2D eigenvalue weighted by Gasteiger charge is -2.32. The maximum absolute atomic E-state index is 6.31. The van der Waals surface area contributed by atoms with Gasteiger partial charge in [0, 0.05) is 10.8 Å². The molecule has 7 rings (SSSR count). The van der Waals surface area contributed by atoms with Crippen LogP contribution in [0, 0.1) is 0 Å². The lowest BCUT2D eigenvalue weighted by molar-refractivity contribution is 0.00578. The number of aromatic nitrogens is 2. The molecule has 1 aliphatic heterocycles. The van der Waals surface area contributed by atoms with Gasteiger partial charge in [0.15, 0.2) is 5.58 Å². The fourth-order valence-corrected chi connectivity index (χ4v) is 5.10. The summed E-state index contributed by atoms with van der Waals surface area (Å²) in [5.74, 6) is 0. The molecule has 0 spiro atoms. The van der Waals surface area contributed by atoms with Gasteiger partial charge in [-0.05, 0) is 68.2 Å². The van der Waals surface area contributed by atoms with Crippen LogP contribution in [0.15, 0.2) is 83.3 Å². The van der Waals surface area contributed by atoms with E-state index in [2.05, 4.69) is 92.9 Å². The molecule has 2 aromatic heterocycles. The highest BCUT2D eigenvalue weighted by atomic mass is 16.7. The van der Waals surface area contributed by atoms with Gasteiger partial charge in [-0.25, -0.2) is 0 Å². The number of fused-ring (bicyclic) bond motifs is 6. The molecule has 0 bridgehead atoms. The molecule has 0 saturated carbocycles. The van der Waals surface area contributed by atoms with E-state index in [9.17, 15) is 0 Å². The molecule has 35 heavy (non-hydrogen) atoms. The van der Waals surface area contributed by atoms with Crippen LogP contribution in [0.2, 0.25) is 0 Å². The number of benzene rings is 4. The van der Waals surface area contributed by atoms with Crippen molar-refractivity contribution in [3.05, 3.63) is 78.9 Å². The topological polar surface area (TPSA) is 49.4 Å². The minimum atomic E-state index is -0.441. The van der Waals surface area contributed by atoms with Crippen LogP contribution in [0.5, 0.6) is 0 Å². The molecule has 6 heteroatoms. The standard InChI is InChI=1S/C29H25BN2O3/c1-28(2)29(3,4)35-30(34-28)19-14-16-25-22(17-19)31-27(33-25)32-23-12-8-7-11-21(23)26-20-10-6-5-9-18(20)13-15-24(26)32/h5-17H,1-4H3. The quantitative estimate of drug-likeness (QED) is 0.282. The summed E-state index contributed by atoms with van der Waals surface area (Å²) < 4.78 is 20.9. The third-order valence-corrected chi connectivity index (χ3v) is 7.68. The summed E-state index contributed by atoms with van der Waals surface area (Å²) in [6.07, 6.45) is 0. The fraction of sp³-hybridized carbons (Fsp3) is 0.207. The SMILES string of the molecule is CC1(C)OB(c2ccc3oc(-n4c5ccccc5c5c6ccccc6ccc54)nc3c2)OC1(C)C. The first kappa shape index (κ1) is 20.7. The Hall–Kier alpha value is -3.61. The first-order valence-electron chi connectivity index (χ1n) is 12.0. The smallest absolute Gasteiger partial charge is 0.423 e. The summed E-state index contributed by atoms with van der Waals surface area (Å²) in [4.78, 5) is 4.93. The van der Waals surface area contributed by atoms with Gasteiger partial charge in [-0.15, -0.1) is 0 Å². The van der Waals surface area contributed by atoms with Crippen molar-refractivity contribution in [2.24, 2.45) is 0 Å².